The van der Waals surface area contributed by atoms with Crippen LogP contribution in [0.25, 0.3) is 0 Å². The molecule has 31 heavy (non-hydrogen) atoms. The minimum Gasteiger partial charge on any atom is -0.395 e. The Morgan fingerprint density at radius 1 is 1.35 bits per heavy atom. The summed E-state index contributed by atoms with van der Waals surface area (Å²) >= 11 is 0. The molecule has 0 radical (unpaired) electrons. The number of hydrogen-bond donors (Lipinski definition) is 3. The van der Waals surface area contributed by atoms with Gasteiger partial charge in [0.2, 0.25) is 5.76 Å². The molecule has 0 aromatic rings. The van der Waals surface area contributed by atoms with E-state index in [-0.39, 0.29) is 12.6 Å². The molecule has 0 saturated carbocycles. The van der Waals surface area contributed by atoms with E-state index in [1.165, 1.54) is 16.7 Å². The van der Waals surface area contributed by atoms with Crippen molar-refractivity contribution in [2.24, 2.45) is 0 Å². The normalized spacial score (nSPS) is 21.4. The van der Waals surface area contributed by atoms with Gasteiger partial charge in [-0.25, -0.2) is 0 Å². The first kappa shape index (κ1) is 25.1. The Balaban J connectivity index is 2.04. The zero-order valence-corrected chi connectivity index (χ0v) is 19.3. The molecular formula is C25H37N3O3. The first-order valence-corrected chi connectivity index (χ1v) is 11.1. The molecule has 170 valence electrons. The summed E-state index contributed by atoms with van der Waals surface area (Å²) < 4.78 is 0. The summed E-state index contributed by atoms with van der Waals surface area (Å²) in [7, 11) is 0. The Kier molecular flexibility index (Phi) is 10.8. The summed E-state index contributed by atoms with van der Waals surface area (Å²) in [5, 5.41) is 14.1. The average molecular weight is 428 g/mol. The third kappa shape index (κ3) is 7.80. The summed E-state index contributed by atoms with van der Waals surface area (Å²) in [4.78, 5) is 11.2. The SMILES string of the molecule is C#C/C(ONON1CCCC(NCCO)C1)=C(CC)\C(C)=C(/C)C1=CC=C(C)C=CC1. The van der Waals surface area contributed by atoms with Gasteiger partial charge in [-0.2, -0.15) is 10.0 Å². The number of nitrogens with zero attached hydrogens (tertiary/aromatic N) is 1. The zero-order valence-electron chi connectivity index (χ0n) is 19.3. The maximum Gasteiger partial charge on any atom is 0.203 e. The highest BCUT2D eigenvalue weighted by Gasteiger charge is 2.20. The fourth-order valence-corrected chi connectivity index (χ4v) is 3.82. The van der Waals surface area contributed by atoms with Gasteiger partial charge >= 0.3 is 0 Å². The minimum atomic E-state index is 0.129. The van der Waals surface area contributed by atoms with Gasteiger partial charge in [-0.3, -0.25) is 0 Å². The molecule has 1 heterocycles. The van der Waals surface area contributed by atoms with Crippen molar-refractivity contribution in [1.82, 2.24) is 16.0 Å². The molecule has 0 aromatic carbocycles. The zero-order chi connectivity index (χ0) is 22.6. The van der Waals surface area contributed by atoms with E-state index < -0.39 is 0 Å². The van der Waals surface area contributed by atoms with Crippen molar-refractivity contribution in [3.63, 3.8) is 0 Å². The van der Waals surface area contributed by atoms with Gasteiger partial charge in [0.05, 0.1) is 6.61 Å². The lowest BCUT2D eigenvalue weighted by Crippen LogP contribution is -2.47. The molecule has 0 aromatic heterocycles. The van der Waals surface area contributed by atoms with Gasteiger partial charge in [-0.15, -0.1) is 6.42 Å². The highest BCUT2D eigenvalue weighted by atomic mass is 17.0. The average Bonchev–Trinajstić information content (AvgIpc) is 3.01. The van der Waals surface area contributed by atoms with Crippen LogP contribution in [0, 0.1) is 12.3 Å². The highest BCUT2D eigenvalue weighted by Crippen LogP contribution is 2.28. The van der Waals surface area contributed by atoms with Crippen LogP contribution in [0.4, 0.5) is 0 Å². The topological polar surface area (TPSA) is 66.0 Å². The molecule has 6 nitrogen and oxygen atoms in total. The van der Waals surface area contributed by atoms with E-state index in [2.05, 4.69) is 68.9 Å². The molecule has 0 spiro atoms. The fourth-order valence-electron chi connectivity index (χ4n) is 3.82. The van der Waals surface area contributed by atoms with Gasteiger partial charge < -0.3 is 15.3 Å². The van der Waals surface area contributed by atoms with Gasteiger partial charge in [0.25, 0.3) is 0 Å². The van der Waals surface area contributed by atoms with Gasteiger partial charge in [0, 0.05) is 31.2 Å². The second kappa shape index (κ2) is 13.3. The number of hydroxylamine groups is 2. The van der Waals surface area contributed by atoms with Gasteiger partial charge in [0.15, 0.2) is 0 Å². The van der Waals surface area contributed by atoms with Gasteiger partial charge in [-0.1, -0.05) is 36.8 Å². The Hall–Kier alpha value is -2.14. The summed E-state index contributed by atoms with van der Waals surface area (Å²) in [6, 6.07) is 0.281. The number of nitrogens with one attached hydrogen (secondary N) is 2. The fraction of sp³-hybridized carbons (Fsp3) is 0.520. The van der Waals surface area contributed by atoms with Crippen LogP contribution in [0.2, 0.25) is 0 Å². The Labute approximate surface area is 187 Å². The van der Waals surface area contributed by atoms with Crippen LogP contribution in [0.1, 0.15) is 53.4 Å². The molecule has 3 N–H and O–H groups in total. The molecule has 0 bridgehead atoms. The van der Waals surface area contributed by atoms with Crippen molar-refractivity contribution in [3.8, 4) is 12.3 Å². The first-order valence-electron chi connectivity index (χ1n) is 11.1. The van der Waals surface area contributed by atoms with Crippen molar-refractivity contribution >= 4 is 0 Å². The number of rotatable bonds is 10. The summed E-state index contributed by atoms with van der Waals surface area (Å²) in [6.45, 7) is 10.6. The minimum absolute atomic E-state index is 0.129. The lowest BCUT2D eigenvalue weighted by atomic mass is 9.93. The van der Waals surface area contributed by atoms with Crippen molar-refractivity contribution in [1.29, 1.82) is 0 Å². The molecule has 1 fully saturated rings. The molecule has 0 amide bonds. The molecule has 1 saturated heterocycles. The lowest BCUT2D eigenvalue weighted by molar-refractivity contribution is -0.298. The number of piperidine rings is 1. The van der Waals surface area contributed by atoms with Crippen LogP contribution in [-0.4, -0.2) is 42.5 Å². The maximum absolute atomic E-state index is 8.98. The lowest BCUT2D eigenvalue weighted by Gasteiger charge is -2.31. The Morgan fingerprint density at radius 3 is 2.87 bits per heavy atom. The van der Waals surface area contributed by atoms with Crippen LogP contribution in [0.5, 0.6) is 0 Å². The summed E-state index contributed by atoms with van der Waals surface area (Å²) in [6.07, 6.45) is 18.1. The van der Waals surface area contributed by atoms with Crippen LogP contribution in [0.15, 0.2) is 57.9 Å². The van der Waals surface area contributed by atoms with E-state index in [9.17, 15) is 0 Å². The third-order valence-corrected chi connectivity index (χ3v) is 5.76. The summed E-state index contributed by atoms with van der Waals surface area (Å²) in [5.41, 5.74) is 8.40. The van der Waals surface area contributed by atoms with Crippen LogP contribution >= 0.6 is 0 Å². The quantitative estimate of drug-likeness (QED) is 0.213. The second-order valence-electron chi connectivity index (χ2n) is 7.95. The van der Waals surface area contributed by atoms with Crippen molar-refractivity contribution in [3.05, 3.63) is 57.9 Å². The molecule has 1 atom stereocenters. The molecular weight excluding hydrogens is 390 g/mol. The predicted molar refractivity (Wildman–Crippen MR) is 125 cm³/mol. The van der Waals surface area contributed by atoms with E-state index in [4.69, 9.17) is 21.3 Å². The largest absolute Gasteiger partial charge is 0.395 e. The summed E-state index contributed by atoms with van der Waals surface area (Å²) in [5.74, 6) is 3.10. The molecule has 1 aliphatic carbocycles. The molecule has 2 aliphatic rings. The number of hydrogen-bond acceptors (Lipinski definition) is 6. The van der Waals surface area contributed by atoms with Crippen LogP contribution in [0.3, 0.4) is 0 Å². The number of terminal acetylenes is 1. The molecule has 1 unspecified atom stereocenters. The van der Waals surface area contributed by atoms with Crippen molar-refractivity contribution < 1.29 is 14.9 Å². The molecule has 6 heteroatoms. The first-order chi connectivity index (χ1) is 15.0. The number of aliphatic hydroxyl groups excluding tert-OH is 1. The standard InChI is InChI=1S/C25H37N3O3/c1-6-24(21(5)20(4)22-11-8-10-19(3)13-14-22)25(7-2)30-27-31-28-16-9-12-23(18-28)26-15-17-29/h2,8,10,13-14,23,26-27,29H,6,9,11-12,15-18H2,1,3-5H3/b21-20+,25-24+. The number of aliphatic hydroxyl groups is 1. The predicted octanol–water partition coefficient (Wildman–Crippen LogP) is 3.87. The Morgan fingerprint density at radius 2 is 2.16 bits per heavy atom. The van der Waals surface area contributed by atoms with Crippen molar-refractivity contribution in [2.75, 3.05) is 26.2 Å². The monoisotopic (exact) mass is 427 g/mol. The van der Waals surface area contributed by atoms with Gasteiger partial charge in [-0.05, 0) is 74.7 Å². The van der Waals surface area contributed by atoms with Gasteiger partial charge in [0.1, 0.15) is 0 Å². The van der Waals surface area contributed by atoms with Crippen molar-refractivity contribution in [2.45, 2.75) is 59.4 Å². The highest BCUT2D eigenvalue weighted by molar-refractivity contribution is 5.49. The smallest absolute Gasteiger partial charge is 0.203 e. The van der Waals surface area contributed by atoms with E-state index in [0.717, 1.165) is 43.4 Å². The maximum atomic E-state index is 8.98. The Bertz CT molecular complexity index is 799. The third-order valence-electron chi connectivity index (χ3n) is 5.76. The van der Waals surface area contributed by atoms with E-state index in [1.807, 2.05) is 5.06 Å². The van der Waals surface area contributed by atoms with E-state index in [0.29, 0.717) is 18.8 Å². The van der Waals surface area contributed by atoms with E-state index in [1.54, 1.807) is 0 Å². The van der Waals surface area contributed by atoms with E-state index >= 15 is 0 Å². The van der Waals surface area contributed by atoms with Crippen LogP contribution < -0.4 is 11.0 Å². The second-order valence-corrected chi connectivity index (χ2v) is 7.95. The molecule has 1 aliphatic heterocycles. The molecule has 2 rings (SSSR count). The number of allylic oxidation sites excluding steroid dienone is 10. The van der Waals surface area contributed by atoms with Crippen LogP contribution in [-0.2, 0) is 9.78 Å².